The predicted octanol–water partition coefficient (Wildman–Crippen LogP) is 2.62. The van der Waals surface area contributed by atoms with Crippen LogP contribution in [0.2, 0.25) is 0 Å². The first kappa shape index (κ1) is 15.8. The monoisotopic (exact) mass is 291 g/mol. The second-order valence-corrected chi connectivity index (χ2v) is 6.32. The molecule has 1 saturated heterocycles. The van der Waals surface area contributed by atoms with E-state index in [9.17, 15) is 9.90 Å². The highest BCUT2D eigenvalue weighted by atomic mass is 16.5. The van der Waals surface area contributed by atoms with Gasteiger partial charge in [-0.1, -0.05) is 26.0 Å². The molecule has 0 aliphatic carbocycles. The summed E-state index contributed by atoms with van der Waals surface area (Å²) in [5, 5.41) is 10.4. The molecule has 21 heavy (non-hydrogen) atoms. The lowest BCUT2D eigenvalue weighted by Gasteiger charge is -2.52. The van der Waals surface area contributed by atoms with E-state index < -0.39 is 6.10 Å². The van der Waals surface area contributed by atoms with Crippen LogP contribution in [-0.2, 0) is 4.79 Å². The Balaban J connectivity index is 2.31. The van der Waals surface area contributed by atoms with Gasteiger partial charge < -0.3 is 14.7 Å². The zero-order valence-electron chi connectivity index (χ0n) is 13.4. The van der Waals surface area contributed by atoms with Crippen LogP contribution in [0, 0.1) is 11.8 Å². The molecule has 4 nitrogen and oxygen atoms in total. The molecular formula is C17H25NO3. The number of hydrogen-bond donors (Lipinski definition) is 1. The minimum Gasteiger partial charge on any atom is -0.497 e. The van der Waals surface area contributed by atoms with E-state index in [2.05, 4.69) is 0 Å². The average molecular weight is 291 g/mol. The molecular weight excluding hydrogens is 266 g/mol. The summed E-state index contributed by atoms with van der Waals surface area (Å²) in [7, 11) is 1.63. The lowest BCUT2D eigenvalue weighted by molar-refractivity contribution is -0.172. The molecule has 4 heteroatoms. The average Bonchev–Trinajstić information content (AvgIpc) is 2.44. The maximum absolute atomic E-state index is 12.4. The van der Waals surface area contributed by atoms with Crippen molar-refractivity contribution in [1.29, 1.82) is 0 Å². The van der Waals surface area contributed by atoms with Crippen molar-refractivity contribution < 1.29 is 14.6 Å². The molecule has 0 spiro atoms. The fraction of sp³-hybridized carbons (Fsp3) is 0.588. The van der Waals surface area contributed by atoms with Crippen molar-refractivity contribution in [1.82, 2.24) is 4.90 Å². The molecule has 1 heterocycles. The topological polar surface area (TPSA) is 49.8 Å². The third-order valence-corrected chi connectivity index (χ3v) is 4.24. The molecule has 0 unspecified atom stereocenters. The number of methoxy groups -OCH3 is 1. The number of carbonyl (C=O) groups excluding carboxylic acids is 1. The van der Waals surface area contributed by atoms with E-state index in [4.69, 9.17) is 4.74 Å². The minimum atomic E-state index is -0.611. The van der Waals surface area contributed by atoms with Crippen LogP contribution in [0.1, 0.15) is 39.3 Å². The Labute approximate surface area is 126 Å². The first-order valence-corrected chi connectivity index (χ1v) is 7.52. The smallest absolute Gasteiger partial charge is 0.231 e. The van der Waals surface area contributed by atoms with Gasteiger partial charge in [0.15, 0.2) is 0 Å². The molecule has 1 fully saturated rings. The SMILES string of the molecule is COc1ccc([C@H]2[C@@H]([C@H](O)C(C)C)C(=O)N2C(C)C)cc1. The van der Waals surface area contributed by atoms with Crippen LogP contribution >= 0.6 is 0 Å². The lowest BCUT2D eigenvalue weighted by atomic mass is 9.75. The number of hydrogen-bond acceptors (Lipinski definition) is 3. The van der Waals surface area contributed by atoms with Crippen molar-refractivity contribution >= 4 is 5.91 Å². The van der Waals surface area contributed by atoms with E-state index >= 15 is 0 Å². The summed E-state index contributed by atoms with van der Waals surface area (Å²) in [6, 6.07) is 7.82. The highest BCUT2D eigenvalue weighted by Crippen LogP contribution is 2.45. The summed E-state index contributed by atoms with van der Waals surface area (Å²) in [5.41, 5.74) is 1.05. The van der Waals surface area contributed by atoms with Gasteiger partial charge in [-0.05, 0) is 37.5 Å². The van der Waals surface area contributed by atoms with Crippen LogP contribution in [0.5, 0.6) is 5.75 Å². The summed E-state index contributed by atoms with van der Waals surface area (Å²) in [5.74, 6) is 0.559. The molecule has 0 saturated carbocycles. The Hall–Kier alpha value is -1.55. The maximum Gasteiger partial charge on any atom is 0.231 e. The van der Waals surface area contributed by atoms with Crippen molar-refractivity contribution in [3.63, 3.8) is 0 Å². The number of ether oxygens (including phenoxy) is 1. The molecule has 1 N–H and O–H groups in total. The molecule has 1 aliphatic rings. The van der Waals surface area contributed by atoms with Crippen LogP contribution in [-0.4, -0.2) is 35.2 Å². The van der Waals surface area contributed by atoms with Gasteiger partial charge in [0.1, 0.15) is 5.75 Å². The Morgan fingerprint density at radius 3 is 2.14 bits per heavy atom. The summed E-state index contributed by atoms with van der Waals surface area (Å²) >= 11 is 0. The van der Waals surface area contributed by atoms with Crippen molar-refractivity contribution in [3.8, 4) is 5.75 Å². The fourth-order valence-electron chi connectivity index (χ4n) is 3.03. The maximum atomic E-state index is 12.4. The normalized spacial score (nSPS) is 23.4. The second-order valence-electron chi connectivity index (χ2n) is 6.32. The molecule has 0 aromatic heterocycles. The summed E-state index contributed by atoms with van der Waals surface area (Å²) in [6.07, 6.45) is -0.611. The second kappa shape index (κ2) is 6.06. The Morgan fingerprint density at radius 1 is 1.14 bits per heavy atom. The van der Waals surface area contributed by atoms with E-state index in [-0.39, 0.29) is 29.8 Å². The summed E-state index contributed by atoms with van der Waals surface area (Å²) in [4.78, 5) is 14.3. The van der Waals surface area contributed by atoms with Crippen molar-refractivity contribution in [2.75, 3.05) is 7.11 Å². The van der Waals surface area contributed by atoms with Crippen molar-refractivity contribution in [3.05, 3.63) is 29.8 Å². The van der Waals surface area contributed by atoms with E-state index in [1.54, 1.807) is 7.11 Å². The third-order valence-electron chi connectivity index (χ3n) is 4.24. The van der Waals surface area contributed by atoms with Gasteiger partial charge in [0.05, 0.1) is 25.2 Å². The molecule has 1 aromatic carbocycles. The molecule has 1 aromatic rings. The van der Waals surface area contributed by atoms with Gasteiger partial charge in [0.2, 0.25) is 5.91 Å². The highest BCUT2D eigenvalue weighted by molar-refractivity contribution is 5.87. The number of benzene rings is 1. The van der Waals surface area contributed by atoms with Crippen LogP contribution < -0.4 is 4.74 Å². The van der Waals surface area contributed by atoms with Gasteiger partial charge in [-0.3, -0.25) is 4.79 Å². The van der Waals surface area contributed by atoms with Crippen molar-refractivity contribution in [2.45, 2.75) is 45.9 Å². The number of likely N-dealkylation sites (tertiary alicyclic amines) is 1. The first-order chi connectivity index (χ1) is 9.88. The van der Waals surface area contributed by atoms with Gasteiger partial charge >= 0.3 is 0 Å². The Kier molecular flexibility index (Phi) is 4.57. The standard InChI is InChI=1S/C17H25NO3/c1-10(2)16(19)14-15(18(11(3)4)17(14)20)12-6-8-13(21-5)9-7-12/h6-11,14-16,19H,1-5H3/t14-,15-,16+/m0/s1. The molecule has 0 radical (unpaired) electrons. The zero-order valence-corrected chi connectivity index (χ0v) is 13.4. The zero-order chi connectivity index (χ0) is 15.7. The summed E-state index contributed by atoms with van der Waals surface area (Å²) in [6.45, 7) is 7.90. The molecule has 116 valence electrons. The van der Waals surface area contributed by atoms with E-state index in [0.29, 0.717) is 0 Å². The van der Waals surface area contributed by atoms with Crippen LogP contribution in [0.4, 0.5) is 0 Å². The van der Waals surface area contributed by atoms with Gasteiger partial charge in [-0.15, -0.1) is 0 Å². The Morgan fingerprint density at radius 2 is 1.71 bits per heavy atom. The molecule has 3 atom stereocenters. The fourth-order valence-corrected chi connectivity index (χ4v) is 3.03. The van der Waals surface area contributed by atoms with Crippen LogP contribution in [0.3, 0.4) is 0 Å². The number of carbonyl (C=O) groups is 1. The van der Waals surface area contributed by atoms with Crippen LogP contribution in [0.15, 0.2) is 24.3 Å². The number of β-lactam (4-membered cyclic amide) rings is 1. The van der Waals surface area contributed by atoms with E-state index in [0.717, 1.165) is 11.3 Å². The number of rotatable bonds is 5. The van der Waals surface area contributed by atoms with Crippen LogP contribution in [0.25, 0.3) is 0 Å². The third kappa shape index (κ3) is 2.77. The predicted molar refractivity (Wildman–Crippen MR) is 82.1 cm³/mol. The lowest BCUT2D eigenvalue weighted by Crippen LogP contribution is -2.62. The van der Waals surface area contributed by atoms with Gasteiger partial charge in [0, 0.05) is 6.04 Å². The molecule has 0 bridgehead atoms. The molecule has 1 amide bonds. The highest BCUT2D eigenvalue weighted by Gasteiger charge is 2.52. The Bertz CT molecular complexity index is 495. The molecule has 1 aliphatic heterocycles. The first-order valence-electron chi connectivity index (χ1n) is 7.52. The van der Waals surface area contributed by atoms with E-state index in [1.807, 2.05) is 56.9 Å². The largest absolute Gasteiger partial charge is 0.497 e. The van der Waals surface area contributed by atoms with Crippen molar-refractivity contribution in [2.24, 2.45) is 11.8 Å². The number of nitrogens with zero attached hydrogens (tertiary/aromatic N) is 1. The number of aliphatic hydroxyl groups is 1. The van der Waals surface area contributed by atoms with Gasteiger partial charge in [-0.2, -0.15) is 0 Å². The quantitative estimate of drug-likeness (QED) is 0.848. The number of aliphatic hydroxyl groups excluding tert-OH is 1. The minimum absolute atomic E-state index is 0.0482. The van der Waals surface area contributed by atoms with Gasteiger partial charge in [-0.25, -0.2) is 0 Å². The molecule has 2 rings (SSSR count). The summed E-state index contributed by atoms with van der Waals surface area (Å²) < 4.78 is 5.18. The van der Waals surface area contributed by atoms with E-state index in [1.165, 1.54) is 0 Å². The number of amides is 1. The van der Waals surface area contributed by atoms with Gasteiger partial charge in [0.25, 0.3) is 0 Å².